The van der Waals surface area contributed by atoms with E-state index in [2.05, 4.69) is 104 Å². The molecule has 16 nitrogen and oxygen atoms in total. The van der Waals surface area contributed by atoms with E-state index in [1.54, 1.807) is 83.0 Å². The van der Waals surface area contributed by atoms with Gasteiger partial charge in [0.2, 0.25) is 29.0 Å². The molecule has 2 aromatic heterocycles. The van der Waals surface area contributed by atoms with E-state index in [0.29, 0.717) is 58.4 Å². The highest BCUT2D eigenvalue weighted by Gasteiger charge is 2.30. The summed E-state index contributed by atoms with van der Waals surface area (Å²) >= 11 is 0. The molecule has 1 unspecified atom stereocenters. The van der Waals surface area contributed by atoms with Gasteiger partial charge in [0.1, 0.15) is 30.5 Å². The third-order valence-corrected chi connectivity index (χ3v) is 15.6. The lowest BCUT2D eigenvalue weighted by atomic mass is 9.90. The summed E-state index contributed by atoms with van der Waals surface area (Å²) in [6.45, 7) is 15.0. The Balaban J connectivity index is 0.820. The summed E-state index contributed by atoms with van der Waals surface area (Å²) in [7, 11) is 0. The van der Waals surface area contributed by atoms with E-state index in [1.165, 1.54) is 0 Å². The Labute approximate surface area is 489 Å². The Hall–Kier alpha value is -9.83. The summed E-state index contributed by atoms with van der Waals surface area (Å²) in [5.41, 5.74) is 10.2. The van der Waals surface area contributed by atoms with Crippen molar-refractivity contribution >= 4 is 63.4 Å². The molecule has 3 N–H and O–H groups in total. The first-order valence-corrected chi connectivity index (χ1v) is 28.8. The second-order valence-corrected chi connectivity index (χ2v) is 20.8. The van der Waals surface area contributed by atoms with Gasteiger partial charge in [0.15, 0.2) is 5.78 Å². The molecule has 10 rings (SSSR count). The van der Waals surface area contributed by atoms with Crippen molar-refractivity contribution in [2.24, 2.45) is 0 Å². The van der Waals surface area contributed by atoms with Crippen LogP contribution in [0, 0.1) is 6.92 Å². The number of fused-ring (bicyclic) bond motifs is 2. The fourth-order valence-electron chi connectivity index (χ4n) is 10.9. The Morgan fingerprint density at radius 2 is 1.44 bits per heavy atom. The van der Waals surface area contributed by atoms with Crippen LogP contribution in [0.1, 0.15) is 77.9 Å². The third-order valence-electron chi connectivity index (χ3n) is 15.6. The molecular weight excluding hydrogens is 1050 g/mol. The zero-order valence-corrected chi connectivity index (χ0v) is 48.1. The largest absolute Gasteiger partial charge is 0.456 e. The summed E-state index contributed by atoms with van der Waals surface area (Å²) in [5, 5.41) is 11.1. The summed E-state index contributed by atoms with van der Waals surface area (Å²) in [6.07, 6.45) is 4.90. The molecule has 3 aliphatic rings. The van der Waals surface area contributed by atoms with Gasteiger partial charge in [-0.3, -0.25) is 29.0 Å². The van der Waals surface area contributed by atoms with Crippen LogP contribution in [0.25, 0.3) is 44.7 Å². The fraction of sp³-hybridized carbons (Fsp3) is 0.250. The average molecular weight is 1120 g/mol. The number of aromatic nitrogens is 3. The first-order chi connectivity index (χ1) is 40.9. The van der Waals surface area contributed by atoms with E-state index in [4.69, 9.17) is 4.42 Å². The van der Waals surface area contributed by atoms with Crippen molar-refractivity contribution in [3.63, 3.8) is 0 Å². The SMILES string of the molecule is CCN(CC)c1ccc2c(-c3ccccc3C(=O)N3CCN(C(=O)CCC(=O)NC(Cc4ccc(C(=O)c5ccccc5)cc4)C(=O)Nc4ccc(C)c(Nc5nccc(-c6cccnc6)n5)c4)CC3)c3ccc(=[N+](CC)CC)cc-3oc2c1. The van der Waals surface area contributed by atoms with Gasteiger partial charge in [-0.2, -0.15) is 0 Å². The molecular formula is C68H69N10O6+. The highest BCUT2D eigenvalue weighted by molar-refractivity contribution is 6.10. The van der Waals surface area contributed by atoms with Gasteiger partial charge in [-0.25, -0.2) is 14.5 Å². The van der Waals surface area contributed by atoms with Crippen LogP contribution in [0.4, 0.5) is 23.0 Å². The number of carbonyl (C=O) groups excluding carboxylic acids is 5. The van der Waals surface area contributed by atoms with Crippen LogP contribution in [-0.2, 0) is 20.8 Å². The topological polar surface area (TPSA) is 186 Å². The molecule has 0 spiro atoms. The van der Waals surface area contributed by atoms with Crippen molar-refractivity contribution in [2.45, 2.75) is 59.9 Å². The predicted octanol–water partition coefficient (Wildman–Crippen LogP) is 10.4. The van der Waals surface area contributed by atoms with Gasteiger partial charge in [-0.1, -0.05) is 78.9 Å². The Bertz CT molecular complexity index is 3890. The van der Waals surface area contributed by atoms with Gasteiger partial charge < -0.3 is 35.1 Å². The smallest absolute Gasteiger partial charge is 0.254 e. The highest BCUT2D eigenvalue weighted by atomic mass is 16.3. The maximum Gasteiger partial charge on any atom is 0.254 e. The van der Waals surface area contributed by atoms with Crippen molar-refractivity contribution in [1.29, 1.82) is 0 Å². The second-order valence-electron chi connectivity index (χ2n) is 20.8. The number of aryl methyl sites for hydroxylation is 1. The van der Waals surface area contributed by atoms with E-state index in [0.717, 1.165) is 81.8 Å². The van der Waals surface area contributed by atoms with Crippen LogP contribution in [0.3, 0.4) is 0 Å². The number of carbonyl (C=O) groups is 5. The lowest BCUT2D eigenvalue weighted by Gasteiger charge is -2.35. The number of nitrogens with zero attached hydrogens (tertiary/aromatic N) is 7. The van der Waals surface area contributed by atoms with E-state index in [1.807, 2.05) is 67.6 Å². The molecule has 0 saturated carbocycles. The molecule has 1 fully saturated rings. The quantitative estimate of drug-likeness (QED) is 0.0375. The number of hydrogen-bond acceptors (Lipinski definition) is 11. The standard InChI is InChI=1S/C68H68N10O6/c1-6-75(7-2)51-27-29-55-60(42-51)84-61-43-52(76(8-3)9-4)28-30-56(61)64(55)53-19-13-14-20-54(53)67(83)78-38-36-77(37-39-78)63(80)32-31-62(79)72-59(40-46-22-24-48(25-23-46)65(81)47-16-11-10-12-17-47)66(82)71-50-26-21-45(5)58(41-50)74-68-70-35-33-57(73-68)49-18-15-34-69-44-49/h10-30,33-35,41-44,59H,6-9,31-32,36-40H2,1-5H3,(H2-,70,71,72,73,74,79,82)/p+1. The molecule has 16 heteroatoms. The molecule has 0 bridgehead atoms. The van der Waals surface area contributed by atoms with Crippen LogP contribution in [-0.4, -0.2) is 113 Å². The summed E-state index contributed by atoms with van der Waals surface area (Å²) in [4.78, 5) is 89.1. The summed E-state index contributed by atoms with van der Waals surface area (Å²) in [5.74, 6) is -0.392. The molecule has 426 valence electrons. The zero-order valence-electron chi connectivity index (χ0n) is 48.1. The Morgan fingerprint density at radius 1 is 0.702 bits per heavy atom. The maximum absolute atomic E-state index is 14.7. The minimum atomic E-state index is -1.06. The molecule has 5 aromatic carbocycles. The van der Waals surface area contributed by atoms with E-state index in [9.17, 15) is 24.0 Å². The number of rotatable bonds is 20. The van der Waals surface area contributed by atoms with Gasteiger partial charge >= 0.3 is 0 Å². The number of nitrogens with one attached hydrogen (secondary N) is 3. The number of hydrogen-bond donors (Lipinski definition) is 3. The highest BCUT2D eigenvalue weighted by Crippen LogP contribution is 2.42. The number of pyridine rings is 1. The maximum atomic E-state index is 14.7. The predicted molar refractivity (Wildman–Crippen MR) is 330 cm³/mol. The fourth-order valence-corrected chi connectivity index (χ4v) is 10.9. The molecule has 4 heterocycles. The van der Waals surface area contributed by atoms with Crippen LogP contribution < -0.4 is 30.8 Å². The van der Waals surface area contributed by atoms with Crippen molar-refractivity contribution in [3.8, 4) is 33.7 Å². The van der Waals surface area contributed by atoms with Crippen molar-refractivity contribution < 1.29 is 28.4 Å². The lowest BCUT2D eigenvalue weighted by molar-refractivity contribution is -0.135. The molecule has 2 aliphatic heterocycles. The van der Waals surface area contributed by atoms with Crippen molar-refractivity contribution in [2.75, 3.05) is 67.9 Å². The molecule has 4 amide bonds. The van der Waals surface area contributed by atoms with Crippen LogP contribution >= 0.6 is 0 Å². The Morgan fingerprint density at radius 3 is 2.18 bits per heavy atom. The van der Waals surface area contributed by atoms with Gasteiger partial charge in [0, 0.05) is 145 Å². The second kappa shape index (κ2) is 26.4. The first-order valence-electron chi connectivity index (χ1n) is 28.8. The first kappa shape index (κ1) is 57.4. The molecule has 1 aliphatic carbocycles. The average Bonchev–Trinajstić information content (AvgIpc) is 3.15. The van der Waals surface area contributed by atoms with Gasteiger partial charge in [0.05, 0.1) is 11.8 Å². The van der Waals surface area contributed by atoms with Crippen LogP contribution in [0.15, 0.2) is 175 Å². The number of benzene rings is 6. The minimum absolute atomic E-state index is 0.0949. The van der Waals surface area contributed by atoms with E-state index in [-0.39, 0.29) is 49.9 Å². The van der Waals surface area contributed by atoms with Crippen LogP contribution in [0.2, 0.25) is 0 Å². The lowest BCUT2D eigenvalue weighted by Crippen LogP contribution is -2.51. The normalized spacial score (nSPS) is 12.6. The van der Waals surface area contributed by atoms with E-state index >= 15 is 0 Å². The number of anilines is 4. The molecule has 84 heavy (non-hydrogen) atoms. The Kier molecular flexibility index (Phi) is 18.0. The minimum Gasteiger partial charge on any atom is -0.456 e. The van der Waals surface area contributed by atoms with Gasteiger partial charge in [-0.05, 0) is 106 Å². The monoisotopic (exact) mass is 1120 g/mol. The number of piperazine rings is 1. The molecule has 1 saturated heterocycles. The van der Waals surface area contributed by atoms with Gasteiger partial charge in [0.25, 0.3) is 5.91 Å². The summed E-state index contributed by atoms with van der Waals surface area (Å²) in [6, 6.07) is 46.2. The van der Waals surface area contributed by atoms with Crippen molar-refractivity contribution in [3.05, 3.63) is 203 Å². The van der Waals surface area contributed by atoms with Crippen LogP contribution in [0.5, 0.6) is 0 Å². The van der Waals surface area contributed by atoms with Gasteiger partial charge in [-0.15, -0.1) is 0 Å². The zero-order chi connectivity index (χ0) is 58.7. The summed E-state index contributed by atoms with van der Waals surface area (Å²) < 4.78 is 9.02. The molecule has 7 aromatic rings. The molecule has 1 atom stereocenters. The molecule has 0 radical (unpaired) electrons. The third kappa shape index (κ3) is 13.1. The number of ketones is 1. The number of amides is 4. The van der Waals surface area contributed by atoms with E-state index < -0.39 is 17.9 Å². The van der Waals surface area contributed by atoms with Crippen molar-refractivity contribution in [1.82, 2.24) is 34.6 Å².